The third kappa shape index (κ3) is 5.28. The summed E-state index contributed by atoms with van der Waals surface area (Å²) in [6.45, 7) is 3.22. The van der Waals surface area contributed by atoms with E-state index in [1.807, 2.05) is 6.26 Å². The number of piperazine rings is 1. The van der Waals surface area contributed by atoms with Crippen LogP contribution < -0.4 is 0 Å². The third-order valence-electron chi connectivity index (χ3n) is 3.88. The van der Waals surface area contributed by atoms with Crippen LogP contribution in [0.15, 0.2) is 23.1 Å². The number of ether oxygens (including phenoxy) is 2. The molecule has 0 saturated carbocycles. The minimum Gasteiger partial charge on any atom is -0.452 e. The number of hydrogen-bond acceptors (Lipinski definition) is 6. The molecule has 0 N–H and O–H groups in total. The molecule has 1 aromatic rings. The van der Waals surface area contributed by atoms with Crippen molar-refractivity contribution in [2.75, 3.05) is 45.6 Å². The van der Waals surface area contributed by atoms with E-state index in [1.165, 1.54) is 11.8 Å². The lowest BCUT2D eigenvalue weighted by Gasteiger charge is -2.33. The van der Waals surface area contributed by atoms with Crippen molar-refractivity contribution in [1.29, 1.82) is 0 Å². The Labute approximate surface area is 161 Å². The zero-order valence-corrected chi connectivity index (χ0v) is 16.3. The molecule has 0 atom stereocenters. The molecule has 2 rings (SSSR count). The minimum atomic E-state index is -0.635. The summed E-state index contributed by atoms with van der Waals surface area (Å²) >= 11 is 7.51. The second kappa shape index (κ2) is 9.68. The number of benzene rings is 1. The van der Waals surface area contributed by atoms with Crippen LogP contribution in [0.5, 0.6) is 0 Å². The third-order valence-corrected chi connectivity index (χ3v) is 4.93. The topological polar surface area (TPSA) is 76.2 Å². The van der Waals surface area contributed by atoms with Gasteiger partial charge in [0.15, 0.2) is 6.61 Å². The SMILES string of the molecule is CCOC(=O)N1CCN(C(=O)COC(=O)c2cc(SC)ccc2Cl)CC1. The van der Waals surface area contributed by atoms with Gasteiger partial charge in [-0.15, -0.1) is 11.8 Å². The maximum atomic E-state index is 12.2. The van der Waals surface area contributed by atoms with E-state index in [1.54, 1.807) is 34.9 Å². The number of hydrogen-bond donors (Lipinski definition) is 0. The molecule has 0 aliphatic carbocycles. The van der Waals surface area contributed by atoms with Crippen molar-refractivity contribution < 1.29 is 23.9 Å². The van der Waals surface area contributed by atoms with Crippen molar-refractivity contribution in [1.82, 2.24) is 9.80 Å². The van der Waals surface area contributed by atoms with Gasteiger partial charge in [0.05, 0.1) is 17.2 Å². The number of carbonyl (C=O) groups is 3. The summed E-state index contributed by atoms with van der Waals surface area (Å²) in [4.78, 5) is 40.0. The van der Waals surface area contributed by atoms with Crippen molar-refractivity contribution in [2.45, 2.75) is 11.8 Å². The van der Waals surface area contributed by atoms with E-state index in [-0.39, 0.29) is 29.2 Å². The van der Waals surface area contributed by atoms with Gasteiger partial charge in [0.25, 0.3) is 5.91 Å². The van der Waals surface area contributed by atoms with Crippen molar-refractivity contribution in [2.24, 2.45) is 0 Å². The number of carbonyl (C=O) groups excluding carboxylic acids is 3. The molecule has 2 amide bonds. The lowest BCUT2D eigenvalue weighted by Crippen LogP contribution is -2.51. The molecule has 0 bridgehead atoms. The lowest BCUT2D eigenvalue weighted by atomic mass is 10.2. The second-order valence-corrected chi connectivity index (χ2v) is 6.78. The number of rotatable bonds is 5. The van der Waals surface area contributed by atoms with E-state index in [0.29, 0.717) is 32.8 Å². The quantitative estimate of drug-likeness (QED) is 0.558. The van der Waals surface area contributed by atoms with E-state index in [4.69, 9.17) is 21.1 Å². The van der Waals surface area contributed by atoms with E-state index < -0.39 is 5.97 Å². The maximum absolute atomic E-state index is 12.2. The first-order chi connectivity index (χ1) is 12.5. The van der Waals surface area contributed by atoms with Gasteiger partial charge in [-0.3, -0.25) is 4.79 Å². The smallest absolute Gasteiger partial charge is 0.409 e. The highest BCUT2D eigenvalue weighted by molar-refractivity contribution is 7.98. The Kier molecular flexibility index (Phi) is 7.59. The Morgan fingerprint density at radius 1 is 1.12 bits per heavy atom. The fourth-order valence-corrected chi connectivity index (χ4v) is 3.07. The highest BCUT2D eigenvalue weighted by atomic mass is 35.5. The fourth-order valence-electron chi connectivity index (χ4n) is 2.44. The van der Waals surface area contributed by atoms with Crippen LogP contribution in [-0.2, 0) is 14.3 Å². The number of amides is 2. The van der Waals surface area contributed by atoms with Gasteiger partial charge < -0.3 is 19.3 Å². The molecule has 1 heterocycles. The highest BCUT2D eigenvalue weighted by Crippen LogP contribution is 2.23. The fraction of sp³-hybridized carbons (Fsp3) is 0.471. The standard InChI is InChI=1S/C17H21ClN2O5S/c1-3-24-17(23)20-8-6-19(7-9-20)15(21)11-25-16(22)13-10-12(26-2)4-5-14(13)18/h4-5,10H,3,6-9,11H2,1-2H3. The average molecular weight is 401 g/mol. The van der Waals surface area contributed by atoms with Crippen LogP contribution >= 0.6 is 23.4 Å². The Morgan fingerprint density at radius 2 is 1.77 bits per heavy atom. The summed E-state index contributed by atoms with van der Waals surface area (Å²) in [6.07, 6.45) is 1.51. The van der Waals surface area contributed by atoms with Gasteiger partial charge in [-0.2, -0.15) is 0 Å². The molecule has 1 aromatic carbocycles. The van der Waals surface area contributed by atoms with Crippen molar-refractivity contribution >= 4 is 41.3 Å². The maximum Gasteiger partial charge on any atom is 0.409 e. The molecule has 0 radical (unpaired) electrons. The monoisotopic (exact) mass is 400 g/mol. The van der Waals surface area contributed by atoms with E-state index in [0.717, 1.165) is 4.90 Å². The summed E-state index contributed by atoms with van der Waals surface area (Å²) in [5.74, 6) is -0.941. The van der Waals surface area contributed by atoms with E-state index in [2.05, 4.69) is 0 Å². The molecule has 142 valence electrons. The van der Waals surface area contributed by atoms with E-state index >= 15 is 0 Å². The molecule has 9 heteroatoms. The van der Waals surface area contributed by atoms with Crippen LogP contribution in [0, 0.1) is 0 Å². The Hall–Kier alpha value is -1.93. The largest absolute Gasteiger partial charge is 0.452 e. The Morgan fingerprint density at radius 3 is 2.38 bits per heavy atom. The molecule has 0 aromatic heterocycles. The van der Waals surface area contributed by atoms with Crippen LogP contribution in [0.2, 0.25) is 5.02 Å². The van der Waals surface area contributed by atoms with Crippen LogP contribution in [0.4, 0.5) is 4.79 Å². The van der Waals surface area contributed by atoms with Crippen LogP contribution in [0.1, 0.15) is 17.3 Å². The summed E-state index contributed by atoms with van der Waals surface area (Å²) in [5, 5.41) is 0.281. The van der Waals surface area contributed by atoms with Gasteiger partial charge in [0.2, 0.25) is 0 Å². The zero-order valence-electron chi connectivity index (χ0n) is 14.7. The average Bonchev–Trinajstić information content (AvgIpc) is 2.66. The summed E-state index contributed by atoms with van der Waals surface area (Å²) in [7, 11) is 0. The molecule has 1 fully saturated rings. The van der Waals surface area contributed by atoms with Crippen LogP contribution in [0.25, 0.3) is 0 Å². The summed E-state index contributed by atoms with van der Waals surface area (Å²) < 4.78 is 10.0. The van der Waals surface area contributed by atoms with Crippen molar-refractivity contribution in [3.63, 3.8) is 0 Å². The predicted octanol–water partition coefficient (Wildman–Crippen LogP) is 2.52. The normalized spacial score (nSPS) is 14.1. The number of thioether (sulfide) groups is 1. The number of nitrogens with zero attached hydrogens (tertiary/aromatic N) is 2. The van der Waals surface area contributed by atoms with E-state index in [9.17, 15) is 14.4 Å². The lowest BCUT2D eigenvalue weighted by molar-refractivity contribution is -0.136. The van der Waals surface area contributed by atoms with Crippen LogP contribution in [0.3, 0.4) is 0 Å². The molecule has 0 unspecified atom stereocenters. The molecule has 0 spiro atoms. The molecule has 1 saturated heterocycles. The molecule has 1 aliphatic rings. The summed E-state index contributed by atoms with van der Waals surface area (Å²) in [5.41, 5.74) is 0.235. The Bertz CT molecular complexity index is 677. The molecular weight excluding hydrogens is 380 g/mol. The van der Waals surface area contributed by atoms with Gasteiger partial charge >= 0.3 is 12.1 Å². The van der Waals surface area contributed by atoms with Gasteiger partial charge in [0.1, 0.15) is 0 Å². The van der Waals surface area contributed by atoms with Crippen molar-refractivity contribution in [3.05, 3.63) is 28.8 Å². The molecule has 7 nitrogen and oxygen atoms in total. The zero-order chi connectivity index (χ0) is 19.1. The summed E-state index contributed by atoms with van der Waals surface area (Å²) in [6, 6.07) is 5.07. The van der Waals surface area contributed by atoms with Gasteiger partial charge in [-0.1, -0.05) is 11.6 Å². The van der Waals surface area contributed by atoms with Crippen LogP contribution in [-0.4, -0.2) is 73.4 Å². The van der Waals surface area contributed by atoms with Gasteiger partial charge in [0, 0.05) is 31.1 Å². The van der Waals surface area contributed by atoms with Gasteiger partial charge in [-0.25, -0.2) is 9.59 Å². The first kappa shape index (κ1) is 20.4. The predicted molar refractivity (Wildman–Crippen MR) is 98.7 cm³/mol. The second-order valence-electron chi connectivity index (χ2n) is 5.49. The number of halogens is 1. The van der Waals surface area contributed by atoms with Gasteiger partial charge in [-0.05, 0) is 31.4 Å². The Balaban J connectivity index is 1.84. The first-order valence-electron chi connectivity index (χ1n) is 8.16. The van der Waals surface area contributed by atoms with Crippen molar-refractivity contribution in [3.8, 4) is 0 Å². The minimum absolute atomic E-state index is 0.235. The first-order valence-corrected chi connectivity index (χ1v) is 9.76. The highest BCUT2D eigenvalue weighted by Gasteiger charge is 2.25. The molecule has 26 heavy (non-hydrogen) atoms. The molecular formula is C17H21ClN2O5S. The number of esters is 1. The molecule has 1 aliphatic heterocycles.